The molecule has 0 aliphatic carbocycles. The van der Waals surface area contributed by atoms with E-state index in [4.69, 9.17) is 0 Å². The maximum atomic E-state index is 12.5. The molecule has 5 nitrogen and oxygen atoms in total. The fourth-order valence-corrected chi connectivity index (χ4v) is 4.69. The quantitative estimate of drug-likeness (QED) is 0.881. The highest BCUT2D eigenvalue weighted by Gasteiger charge is 2.30. The predicted octanol–water partition coefficient (Wildman–Crippen LogP) is 0.918. The van der Waals surface area contributed by atoms with Gasteiger partial charge < -0.3 is 5.32 Å². The molecule has 2 aliphatic rings. The lowest BCUT2D eigenvalue weighted by Gasteiger charge is -2.37. The lowest BCUT2D eigenvalue weighted by Crippen LogP contribution is -2.52. The third kappa shape index (κ3) is 4.20. The van der Waals surface area contributed by atoms with Gasteiger partial charge in [0.2, 0.25) is 10.0 Å². The Labute approximate surface area is 139 Å². The Balaban J connectivity index is 0.00000176. The van der Waals surface area contributed by atoms with Gasteiger partial charge in [0.05, 0.1) is 5.75 Å². The van der Waals surface area contributed by atoms with Crippen molar-refractivity contribution in [3.63, 3.8) is 0 Å². The lowest BCUT2D eigenvalue weighted by molar-refractivity contribution is 0.145. The maximum absolute atomic E-state index is 12.5. The van der Waals surface area contributed by atoms with E-state index in [0.717, 1.165) is 31.7 Å². The summed E-state index contributed by atoms with van der Waals surface area (Å²) in [6.07, 6.45) is 1.18. The van der Waals surface area contributed by atoms with Gasteiger partial charge in [0.25, 0.3) is 0 Å². The Morgan fingerprint density at radius 2 is 1.77 bits per heavy atom. The average molecular weight is 346 g/mol. The first-order valence-electron chi connectivity index (χ1n) is 7.62. The molecule has 0 bridgehead atoms. The highest BCUT2D eigenvalue weighted by atomic mass is 35.5. The van der Waals surface area contributed by atoms with Crippen molar-refractivity contribution in [1.82, 2.24) is 14.5 Å². The molecule has 2 saturated heterocycles. The summed E-state index contributed by atoms with van der Waals surface area (Å²) in [7, 11) is -3.19. The summed E-state index contributed by atoms with van der Waals surface area (Å²) < 4.78 is 26.6. The number of nitrogens with one attached hydrogen (secondary N) is 1. The van der Waals surface area contributed by atoms with Gasteiger partial charge in [0.1, 0.15) is 0 Å². The Morgan fingerprint density at radius 1 is 1.09 bits per heavy atom. The van der Waals surface area contributed by atoms with Crippen LogP contribution >= 0.6 is 12.4 Å². The van der Waals surface area contributed by atoms with E-state index in [9.17, 15) is 8.42 Å². The molecule has 1 aromatic carbocycles. The molecular weight excluding hydrogens is 322 g/mol. The van der Waals surface area contributed by atoms with Crippen LogP contribution in [0.4, 0.5) is 0 Å². The van der Waals surface area contributed by atoms with Crippen LogP contribution in [0.5, 0.6) is 0 Å². The number of rotatable bonds is 4. The molecule has 1 atom stereocenters. The van der Waals surface area contributed by atoms with Crippen molar-refractivity contribution in [1.29, 1.82) is 0 Å². The van der Waals surface area contributed by atoms with Crippen LogP contribution in [0.1, 0.15) is 12.0 Å². The van der Waals surface area contributed by atoms with Crippen molar-refractivity contribution in [2.45, 2.75) is 18.2 Å². The van der Waals surface area contributed by atoms with E-state index in [2.05, 4.69) is 10.2 Å². The summed E-state index contributed by atoms with van der Waals surface area (Å²) >= 11 is 0. The van der Waals surface area contributed by atoms with Crippen molar-refractivity contribution in [2.75, 3.05) is 39.3 Å². The third-order valence-corrected chi connectivity index (χ3v) is 6.26. The van der Waals surface area contributed by atoms with E-state index in [1.54, 1.807) is 4.31 Å². The van der Waals surface area contributed by atoms with Gasteiger partial charge in [0.15, 0.2) is 0 Å². The van der Waals surface area contributed by atoms with Crippen LogP contribution in [0, 0.1) is 0 Å². The second-order valence-corrected chi connectivity index (χ2v) is 7.79. The van der Waals surface area contributed by atoms with Gasteiger partial charge in [-0.3, -0.25) is 4.90 Å². The number of sulfonamides is 1. The van der Waals surface area contributed by atoms with E-state index in [-0.39, 0.29) is 18.2 Å². The SMILES string of the molecule is Cl.O=S(=O)(Cc1ccccc1)N1CCN(C2CCNC2)CC1. The molecule has 3 rings (SSSR count). The van der Waals surface area contributed by atoms with Crippen LogP contribution in [-0.2, 0) is 15.8 Å². The van der Waals surface area contributed by atoms with Gasteiger partial charge in [-0.05, 0) is 18.5 Å². The first kappa shape index (κ1) is 17.7. The number of hydrogen-bond donors (Lipinski definition) is 1. The van der Waals surface area contributed by atoms with Crippen molar-refractivity contribution >= 4 is 22.4 Å². The first-order valence-corrected chi connectivity index (χ1v) is 9.22. The van der Waals surface area contributed by atoms with Crippen LogP contribution in [0.15, 0.2) is 30.3 Å². The summed E-state index contributed by atoms with van der Waals surface area (Å²) in [6, 6.07) is 10.0. The van der Waals surface area contributed by atoms with Crippen LogP contribution in [-0.4, -0.2) is 62.9 Å². The zero-order valence-electron chi connectivity index (χ0n) is 12.6. The topological polar surface area (TPSA) is 52.7 Å². The van der Waals surface area contributed by atoms with E-state index in [0.29, 0.717) is 19.1 Å². The summed E-state index contributed by atoms with van der Waals surface area (Å²) in [6.45, 7) is 5.05. The van der Waals surface area contributed by atoms with Crippen molar-refractivity contribution in [2.24, 2.45) is 0 Å². The fraction of sp³-hybridized carbons (Fsp3) is 0.600. The molecule has 1 unspecified atom stereocenters. The van der Waals surface area contributed by atoms with Crippen molar-refractivity contribution < 1.29 is 8.42 Å². The van der Waals surface area contributed by atoms with Gasteiger partial charge in [-0.15, -0.1) is 12.4 Å². The number of piperazine rings is 1. The highest BCUT2D eigenvalue weighted by Crippen LogP contribution is 2.16. The molecule has 7 heteroatoms. The zero-order chi connectivity index (χ0) is 14.7. The summed E-state index contributed by atoms with van der Waals surface area (Å²) in [4.78, 5) is 2.43. The van der Waals surface area contributed by atoms with Gasteiger partial charge in [-0.25, -0.2) is 8.42 Å². The molecule has 0 aromatic heterocycles. The van der Waals surface area contributed by atoms with Crippen LogP contribution in [0.25, 0.3) is 0 Å². The van der Waals surface area contributed by atoms with Gasteiger partial charge in [-0.1, -0.05) is 30.3 Å². The minimum absolute atomic E-state index is 0. The summed E-state index contributed by atoms with van der Waals surface area (Å²) in [5.41, 5.74) is 0.861. The molecule has 2 fully saturated rings. The van der Waals surface area contributed by atoms with Gasteiger partial charge >= 0.3 is 0 Å². The molecule has 22 heavy (non-hydrogen) atoms. The normalized spacial score (nSPS) is 24.1. The predicted molar refractivity (Wildman–Crippen MR) is 90.7 cm³/mol. The van der Waals surface area contributed by atoms with Gasteiger partial charge in [0, 0.05) is 38.8 Å². The molecule has 1 aromatic rings. The summed E-state index contributed by atoms with van der Waals surface area (Å²) in [5, 5.41) is 3.37. The minimum atomic E-state index is -3.19. The maximum Gasteiger partial charge on any atom is 0.218 e. The molecule has 0 spiro atoms. The Morgan fingerprint density at radius 3 is 2.36 bits per heavy atom. The van der Waals surface area contributed by atoms with E-state index in [1.807, 2.05) is 30.3 Å². The number of hydrogen-bond acceptors (Lipinski definition) is 4. The third-order valence-electron chi connectivity index (χ3n) is 4.41. The largest absolute Gasteiger partial charge is 0.315 e. The molecule has 0 radical (unpaired) electrons. The van der Waals surface area contributed by atoms with Crippen LogP contribution < -0.4 is 5.32 Å². The van der Waals surface area contributed by atoms with E-state index < -0.39 is 10.0 Å². The number of nitrogens with zero attached hydrogens (tertiary/aromatic N) is 2. The van der Waals surface area contributed by atoms with Crippen molar-refractivity contribution in [3.05, 3.63) is 35.9 Å². The number of halogens is 1. The zero-order valence-corrected chi connectivity index (χ0v) is 14.3. The van der Waals surface area contributed by atoms with Crippen LogP contribution in [0.3, 0.4) is 0 Å². The van der Waals surface area contributed by atoms with E-state index >= 15 is 0 Å². The standard InChI is InChI=1S/C15H23N3O2S.ClH/c19-21(20,13-14-4-2-1-3-5-14)18-10-8-17(9-11-18)15-6-7-16-12-15;/h1-5,15-16H,6-13H2;1H. The molecule has 0 saturated carbocycles. The van der Waals surface area contributed by atoms with Gasteiger partial charge in [-0.2, -0.15) is 4.31 Å². The number of benzene rings is 1. The second-order valence-electron chi connectivity index (χ2n) is 5.82. The molecular formula is C15H24ClN3O2S. The summed E-state index contributed by atoms with van der Waals surface area (Å²) in [5.74, 6) is 0.110. The van der Waals surface area contributed by atoms with Crippen LogP contribution in [0.2, 0.25) is 0 Å². The van der Waals surface area contributed by atoms with E-state index in [1.165, 1.54) is 6.42 Å². The smallest absolute Gasteiger partial charge is 0.218 e. The first-order chi connectivity index (χ1) is 10.1. The molecule has 0 amide bonds. The molecule has 124 valence electrons. The Bertz CT molecular complexity index is 553. The minimum Gasteiger partial charge on any atom is -0.315 e. The Kier molecular flexibility index (Phi) is 6.23. The monoisotopic (exact) mass is 345 g/mol. The molecule has 2 heterocycles. The molecule has 1 N–H and O–H groups in total. The average Bonchev–Trinajstić information content (AvgIpc) is 3.02. The highest BCUT2D eigenvalue weighted by molar-refractivity contribution is 7.88. The second kappa shape index (κ2) is 7.75. The molecule has 2 aliphatic heterocycles. The Hall–Kier alpha value is -0.660. The lowest BCUT2D eigenvalue weighted by atomic mass is 10.2. The van der Waals surface area contributed by atoms with Crippen molar-refractivity contribution in [3.8, 4) is 0 Å². The fourth-order valence-electron chi connectivity index (χ4n) is 3.17.